The third kappa shape index (κ3) is 3.46. The van der Waals surface area contributed by atoms with Crippen molar-refractivity contribution in [2.24, 2.45) is 7.05 Å². The van der Waals surface area contributed by atoms with Crippen molar-refractivity contribution in [2.75, 3.05) is 0 Å². The Hall–Kier alpha value is -2.10. The molecule has 4 heteroatoms. The lowest BCUT2D eigenvalue weighted by atomic mass is 9.92. The van der Waals surface area contributed by atoms with E-state index in [-0.39, 0.29) is 11.3 Å². The molecule has 1 fully saturated rings. The minimum absolute atomic E-state index is 0.0554. The summed E-state index contributed by atoms with van der Waals surface area (Å²) in [6.45, 7) is 7.02. The normalized spacial score (nSPS) is 14.8. The van der Waals surface area contributed by atoms with Gasteiger partial charge in [0.1, 0.15) is 5.69 Å². The van der Waals surface area contributed by atoms with Gasteiger partial charge >= 0.3 is 0 Å². The Labute approximate surface area is 138 Å². The summed E-state index contributed by atoms with van der Waals surface area (Å²) in [5.74, 6) is 0.0850. The van der Waals surface area contributed by atoms with Gasteiger partial charge in [-0.25, -0.2) is 0 Å². The van der Waals surface area contributed by atoms with E-state index in [0.29, 0.717) is 18.3 Å². The first-order valence-electron chi connectivity index (χ1n) is 8.25. The average molecular weight is 311 g/mol. The molecule has 122 valence electrons. The van der Waals surface area contributed by atoms with Gasteiger partial charge in [-0.15, -0.1) is 0 Å². The molecular formula is C19H25N3O. The van der Waals surface area contributed by atoms with Crippen molar-refractivity contribution < 1.29 is 4.79 Å². The molecule has 4 nitrogen and oxygen atoms in total. The highest BCUT2D eigenvalue weighted by Crippen LogP contribution is 2.30. The van der Waals surface area contributed by atoms with E-state index in [1.807, 2.05) is 36.2 Å². The molecule has 0 atom stereocenters. The highest BCUT2D eigenvalue weighted by Gasteiger charge is 2.34. The first-order chi connectivity index (χ1) is 10.9. The third-order valence-electron chi connectivity index (χ3n) is 4.31. The molecule has 1 saturated carbocycles. The zero-order valence-electron chi connectivity index (χ0n) is 14.4. The lowest BCUT2D eigenvalue weighted by Crippen LogP contribution is -2.33. The summed E-state index contributed by atoms with van der Waals surface area (Å²) in [4.78, 5) is 15.1. The van der Waals surface area contributed by atoms with Crippen molar-refractivity contribution in [1.29, 1.82) is 0 Å². The van der Waals surface area contributed by atoms with Gasteiger partial charge in [-0.05, 0) is 24.5 Å². The second-order valence-electron chi connectivity index (χ2n) is 7.44. The van der Waals surface area contributed by atoms with E-state index in [1.165, 1.54) is 5.56 Å². The maximum absolute atomic E-state index is 13.1. The molecule has 1 amide bonds. The predicted molar refractivity (Wildman–Crippen MR) is 91.2 cm³/mol. The largest absolute Gasteiger partial charge is 0.330 e. The summed E-state index contributed by atoms with van der Waals surface area (Å²) < 4.78 is 1.73. The van der Waals surface area contributed by atoms with Crippen LogP contribution >= 0.6 is 0 Å². The highest BCUT2D eigenvalue weighted by atomic mass is 16.2. The summed E-state index contributed by atoms with van der Waals surface area (Å²) >= 11 is 0. The van der Waals surface area contributed by atoms with E-state index in [4.69, 9.17) is 0 Å². The maximum Gasteiger partial charge on any atom is 0.272 e. The van der Waals surface area contributed by atoms with E-state index in [9.17, 15) is 4.79 Å². The van der Waals surface area contributed by atoms with Gasteiger partial charge in [-0.2, -0.15) is 5.10 Å². The van der Waals surface area contributed by atoms with Gasteiger partial charge in [0.25, 0.3) is 5.91 Å². The Kier molecular flexibility index (Phi) is 4.00. The van der Waals surface area contributed by atoms with Crippen molar-refractivity contribution in [1.82, 2.24) is 14.7 Å². The van der Waals surface area contributed by atoms with Crippen LogP contribution in [0, 0.1) is 0 Å². The van der Waals surface area contributed by atoms with Crippen molar-refractivity contribution in [2.45, 2.75) is 51.6 Å². The molecule has 1 aliphatic rings. The number of amides is 1. The summed E-state index contributed by atoms with van der Waals surface area (Å²) in [5, 5.41) is 4.54. The van der Waals surface area contributed by atoms with Crippen LogP contribution in [0.1, 0.15) is 55.4 Å². The monoisotopic (exact) mass is 311 g/mol. The molecule has 0 unspecified atom stereocenters. The zero-order valence-corrected chi connectivity index (χ0v) is 14.4. The fourth-order valence-corrected chi connectivity index (χ4v) is 2.71. The number of aromatic nitrogens is 2. The van der Waals surface area contributed by atoms with E-state index >= 15 is 0 Å². The number of rotatable bonds is 4. The molecule has 1 heterocycles. The Morgan fingerprint density at radius 3 is 2.43 bits per heavy atom. The molecule has 1 aromatic heterocycles. The third-order valence-corrected chi connectivity index (χ3v) is 4.31. The van der Waals surface area contributed by atoms with Crippen LogP contribution in [-0.4, -0.2) is 26.6 Å². The van der Waals surface area contributed by atoms with E-state index in [2.05, 4.69) is 38.0 Å². The molecule has 0 bridgehead atoms. The lowest BCUT2D eigenvalue weighted by Gasteiger charge is -2.22. The Morgan fingerprint density at radius 1 is 1.26 bits per heavy atom. The lowest BCUT2D eigenvalue weighted by molar-refractivity contribution is 0.0718. The number of carbonyl (C=O) groups excluding carboxylic acids is 1. The molecule has 23 heavy (non-hydrogen) atoms. The van der Waals surface area contributed by atoms with Crippen LogP contribution in [-0.2, 0) is 19.0 Å². The fraction of sp³-hybridized carbons (Fsp3) is 0.474. The molecule has 0 aliphatic heterocycles. The van der Waals surface area contributed by atoms with Crippen molar-refractivity contribution in [3.63, 3.8) is 0 Å². The van der Waals surface area contributed by atoms with Crippen LogP contribution in [0.15, 0.2) is 36.4 Å². The average Bonchev–Trinajstić information content (AvgIpc) is 3.26. The number of carbonyl (C=O) groups is 1. The summed E-state index contributed by atoms with van der Waals surface area (Å²) in [7, 11) is 1.86. The molecule has 0 spiro atoms. The molecule has 0 N–H and O–H groups in total. The van der Waals surface area contributed by atoms with E-state index < -0.39 is 0 Å². The number of benzene rings is 1. The van der Waals surface area contributed by atoms with Crippen LogP contribution in [0.3, 0.4) is 0 Å². The number of aryl methyl sites for hydroxylation is 1. The number of hydrogen-bond donors (Lipinski definition) is 0. The van der Waals surface area contributed by atoms with Gasteiger partial charge in [0.05, 0.1) is 5.69 Å². The Balaban J connectivity index is 1.86. The van der Waals surface area contributed by atoms with Gasteiger partial charge in [-0.3, -0.25) is 9.48 Å². The van der Waals surface area contributed by atoms with Crippen molar-refractivity contribution in [3.05, 3.63) is 53.3 Å². The SMILES string of the molecule is Cn1nc(C(C)(C)C)cc1C(=O)N(Cc1ccccc1)C1CC1. The molecule has 2 aromatic rings. The van der Waals surface area contributed by atoms with Crippen LogP contribution in [0.2, 0.25) is 0 Å². The minimum atomic E-state index is -0.0554. The van der Waals surface area contributed by atoms with Gasteiger partial charge in [0.2, 0.25) is 0 Å². The fourth-order valence-electron chi connectivity index (χ4n) is 2.71. The quantitative estimate of drug-likeness (QED) is 0.866. The van der Waals surface area contributed by atoms with Crippen LogP contribution < -0.4 is 0 Å². The number of nitrogens with zero attached hydrogens (tertiary/aromatic N) is 3. The summed E-state index contributed by atoms with van der Waals surface area (Å²) in [6, 6.07) is 12.5. The maximum atomic E-state index is 13.1. The van der Waals surface area contributed by atoms with Gasteiger partial charge in [0, 0.05) is 25.0 Å². The highest BCUT2D eigenvalue weighted by molar-refractivity contribution is 5.93. The standard InChI is InChI=1S/C19H25N3O/c1-19(2,3)17-12-16(21(4)20-17)18(23)22(15-10-11-15)13-14-8-6-5-7-9-14/h5-9,12,15H,10-11,13H2,1-4H3. The molecule has 0 saturated heterocycles. The van der Waals surface area contributed by atoms with Crippen molar-refractivity contribution >= 4 is 5.91 Å². The second kappa shape index (κ2) is 5.84. The Morgan fingerprint density at radius 2 is 1.91 bits per heavy atom. The van der Waals surface area contributed by atoms with Crippen LogP contribution in [0.4, 0.5) is 0 Å². The summed E-state index contributed by atoms with van der Waals surface area (Å²) in [6.07, 6.45) is 2.20. The molecule has 3 rings (SSSR count). The van der Waals surface area contributed by atoms with Crippen LogP contribution in [0.5, 0.6) is 0 Å². The summed E-state index contributed by atoms with van der Waals surface area (Å²) in [5.41, 5.74) is 2.75. The predicted octanol–water partition coefficient (Wildman–Crippen LogP) is 3.52. The molecule has 1 aliphatic carbocycles. The van der Waals surface area contributed by atoms with Crippen molar-refractivity contribution in [3.8, 4) is 0 Å². The van der Waals surface area contributed by atoms with Crippen LogP contribution in [0.25, 0.3) is 0 Å². The first kappa shape index (κ1) is 15.8. The first-order valence-corrected chi connectivity index (χ1v) is 8.25. The second-order valence-corrected chi connectivity index (χ2v) is 7.44. The van der Waals surface area contributed by atoms with Gasteiger partial charge in [-0.1, -0.05) is 51.1 Å². The van der Waals surface area contributed by atoms with E-state index in [1.54, 1.807) is 4.68 Å². The van der Waals surface area contributed by atoms with Gasteiger partial charge < -0.3 is 4.90 Å². The molecular weight excluding hydrogens is 286 g/mol. The minimum Gasteiger partial charge on any atom is -0.330 e. The van der Waals surface area contributed by atoms with E-state index in [0.717, 1.165) is 18.5 Å². The smallest absolute Gasteiger partial charge is 0.272 e. The Bertz CT molecular complexity index is 693. The molecule has 1 aromatic carbocycles. The van der Waals surface area contributed by atoms with Gasteiger partial charge in [0.15, 0.2) is 0 Å². The molecule has 0 radical (unpaired) electrons. The number of hydrogen-bond acceptors (Lipinski definition) is 2. The topological polar surface area (TPSA) is 38.1 Å². The zero-order chi connectivity index (χ0) is 16.6.